The maximum absolute atomic E-state index is 11.0. The second kappa shape index (κ2) is 4.79. The minimum atomic E-state index is -0.966. The third-order valence-electron chi connectivity index (χ3n) is 3.50. The van der Waals surface area contributed by atoms with Gasteiger partial charge in [-0.15, -0.1) is 0 Å². The molecule has 2 heterocycles. The summed E-state index contributed by atoms with van der Waals surface area (Å²) in [5, 5.41) is 13.5. The van der Waals surface area contributed by atoms with Gasteiger partial charge in [0.2, 0.25) is 0 Å². The van der Waals surface area contributed by atoms with Gasteiger partial charge in [-0.3, -0.25) is 4.90 Å². The van der Waals surface area contributed by atoms with E-state index in [2.05, 4.69) is 10.1 Å². The van der Waals surface area contributed by atoms with Gasteiger partial charge >= 0.3 is 6.09 Å². The van der Waals surface area contributed by atoms with E-state index in [0.29, 0.717) is 29.7 Å². The van der Waals surface area contributed by atoms with Crippen LogP contribution in [0.15, 0.2) is 22.7 Å². The maximum atomic E-state index is 11.0. The highest BCUT2D eigenvalue weighted by Gasteiger charge is 2.36. The molecule has 1 fully saturated rings. The Morgan fingerprint density at radius 2 is 2.35 bits per heavy atom. The molecule has 1 amide bonds. The van der Waals surface area contributed by atoms with E-state index in [9.17, 15) is 4.79 Å². The molecule has 7 heteroatoms. The topological polar surface area (TPSA) is 79.5 Å². The first-order valence-corrected chi connectivity index (χ1v) is 6.54. The smallest absolute Gasteiger partial charge is 0.407 e. The number of likely N-dealkylation sites (tertiary alicyclic amines) is 1. The average molecular weight is 294 g/mol. The molecule has 1 N–H and O–H groups in total. The number of benzene rings is 1. The largest absolute Gasteiger partial charge is 0.465 e. The number of rotatable bonds is 2. The number of carboxylic acid groups (broad SMARTS) is 1. The molecule has 1 aliphatic heterocycles. The minimum absolute atomic E-state index is 0.315. The van der Waals surface area contributed by atoms with E-state index in [1.807, 2.05) is 13.0 Å². The highest BCUT2D eigenvalue weighted by atomic mass is 35.5. The monoisotopic (exact) mass is 293 g/mol. The summed E-state index contributed by atoms with van der Waals surface area (Å²) in [5.41, 5.74) is 1.62. The summed E-state index contributed by atoms with van der Waals surface area (Å²) in [6, 6.07) is 5.12. The normalized spacial score (nSPS) is 17.9. The van der Waals surface area contributed by atoms with Crippen LogP contribution in [0.1, 0.15) is 23.9 Å². The summed E-state index contributed by atoms with van der Waals surface area (Å²) in [7, 11) is 0. The second-order valence-corrected chi connectivity index (χ2v) is 5.06. The Balaban J connectivity index is 1.91. The van der Waals surface area contributed by atoms with Gasteiger partial charge < -0.3 is 9.63 Å². The van der Waals surface area contributed by atoms with Gasteiger partial charge in [0.15, 0.2) is 5.82 Å². The van der Waals surface area contributed by atoms with E-state index in [0.717, 1.165) is 11.1 Å². The van der Waals surface area contributed by atoms with Crippen LogP contribution in [0, 0.1) is 6.92 Å². The highest BCUT2D eigenvalue weighted by Crippen LogP contribution is 2.33. The quantitative estimate of drug-likeness (QED) is 0.920. The van der Waals surface area contributed by atoms with Crippen LogP contribution in [0.5, 0.6) is 0 Å². The molecule has 1 aromatic heterocycles. The van der Waals surface area contributed by atoms with Crippen LogP contribution < -0.4 is 0 Å². The molecule has 1 aromatic carbocycles. The van der Waals surface area contributed by atoms with Crippen molar-refractivity contribution in [2.24, 2.45) is 0 Å². The maximum Gasteiger partial charge on any atom is 0.407 e. The second-order valence-electron chi connectivity index (χ2n) is 4.65. The van der Waals surface area contributed by atoms with Gasteiger partial charge in [-0.2, -0.15) is 4.98 Å². The van der Waals surface area contributed by atoms with Crippen LogP contribution in [0.2, 0.25) is 5.02 Å². The zero-order chi connectivity index (χ0) is 14.3. The summed E-state index contributed by atoms with van der Waals surface area (Å²) in [5.74, 6) is 0.755. The average Bonchev–Trinajstić information content (AvgIpc) is 2.79. The van der Waals surface area contributed by atoms with Crippen molar-refractivity contribution in [3.63, 3.8) is 0 Å². The van der Waals surface area contributed by atoms with Crippen LogP contribution in [-0.4, -0.2) is 32.8 Å². The van der Waals surface area contributed by atoms with Crippen molar-refractivity contribution in [2.45, 2.75) is 19.4 Å². The molecule has 0 spiro atoms. The van der Waals surface area contributed by atoms with Gasteiger partial charge in [0.1, 0.15) is 6.04 Å². The molecule has 1 aliphatic rings. The number of hydrogen-bond donors (Lipinski definition) is 1. The Morgan fingerprint density at radius 1 is 1.55 bits per heavy atom. The molecule has 6 nitrogen and oxygen atoms in total. The van der Waals surface area contributed by atoms with E-state index >= 15 is 0 Å². The summed E-state index contributed by atoms with van der Waals surface area (Å²) < 4.78 is 5.23. The lowest BCUT2D eigenvalue weighted by Crippen LogP contribution is -2.44. The lowest BCUT2D eigenvalue weighted by atomic mass is 10.0. The van der Waals surface area contributed by atoms with Crippen LogP contribution in [0.25, 0.3) is 11.5 Å². The predicted molar refractivity (Wildman–Crippen MR) is 71.6 cm³/mol. The summed E-state index contributed by atoms with van der Waals surface area (Å²) in [6.45, 7) is 2.37. The molecule has 0 radical (unpaired) electrons. The summed E-state index contributed by atoms with van der Waals surface area (Å²) in [4.78, 5) is 16.5. The van der Waals surface area contributed by atoms with Gasteiger partial charge in [0.05, 0.1) is 0 Å². The van der Waals surface area contributed by atoms with E-state index in [4.69, 9.17) is 21.2 Å². The molecule has 0 saturated carbocycles. The fourth-order valence-electron chi connectivity index (χ4n) is 2.20. The first-order valence-electron chi connectivity index (χ1n) is 6.16. The molecular weight excluding hydrogens is 282 g/mol. The lowest BCUT2D eigenvalue weighted by Gasteiger charge is -2.36. The minimum Gasteiger partial charge on any atom is -0.465 e. The first-order chi connectivity index (χ1) is 9.58. The highest BCUT2D eigenvalue weighted by molar-refractivity contribution is 6.31. The Kier molecular flexibility index (Phi) is 3.10. The van der Waals surface area contributed by atoms with E-state index in [-0.39, 0.29) is 6.04 Å². The third kappa shape index (κ3) is 2.02. The fraction of sp³-hybridized carbons (Fsp3) is 0.308. The molecule has 3 rings (SSSR count). The molecule has 0 bridgehead atoms. The third-order valence-corrected chi connectivity index (χ3v) is 3.91. The van der Waals surface area contributed by atoms with Gasteiger partial charge in [-0.25, -0.2) is 4.79 Å². The van der Waals surface area contributed by atoms with Crippen molar-refractivity contribution in [1.82, 2.24) is 15.0 Å². The Bertz CT molecular complexity index is 671. The molecule has 0 unspecified atom stereocenters. The molecule has 1 atom stereocenters. The summed E-state index contributed by atoms with van der Waals surface area (Å²) in [6.07, 6.45) is -0.258. The summed E-state index contributed by atoms with van der Waals surface area (Å²) >= 11 is 6.06. The van der Waals surface area contributed by atoms with Crippen LogP contribution >= 0.6 is 11.6 Å². The van der Waals surface area contributed by atoms with Crippen LogP contribution in [-0.2, 0) is 0 Å². The molecule has 0 aliphatic carbocycles. The van der Waals surface area contributed by atoms with Crippen molar-refractivity contribution in [2.75, 3.05) is 6.54 Å². The molecule has 104 valence electrons. The standard InChI is InChI=1S/C13H12ClN3O3/c1-7-8(3-2-4-9(7)14)12-15-11(16-20-12)10-5-6-17(10)13(18)19/h2-4,10H,5-6H2,1H3,(H,18,19)/t10-/m0/s1. The predicted octanol–water partition coefficient (Wildman–Crippen LogP) is 3.12. The zero-order valence-corrected chi connectivity index (χ0v) is 11.5. The fourth-order valence-corrected chi connectivity index (χ4v) is 2.38. The zero-order valence-electron chi connectivity index (χ0n) is 10.7. The van der Waals surface area contributed by atoms with Crippen molar-refractivity contribution in [3.8, 4) is 11.5 Å². The Hall–Kier alpha value is -2.08. The van der Waals surface area contributed by atoms with Gasteiger partial charge in [0.25, 0.3) is 5.89 Å². The first kappa shape index (κ1) is 12.9. The van der Waals surface area contributed by atoms with E-state index < -0.39 is 6.09 Å². The van der Waals surface area contributed by atoms with Crippen LogP contribution in [0.4, 0.5) is 4.79 Å². The van der Waals surface area contributed by atoms with E-state index in [1.54, 1.807) is 12.1 Å². The number of nitrogens with zero attached hydrogens (tertiary/aromatic N) is 3. The van der Waals surface area contributed by atoms with E-state index in [1.165, 1.54) is 4.90 Å². The number of halogens is 1. The van der Waals surface area contributed by atoms with Gasteiger partial charge in [-0.05, 0) is 31.0 Å². The Morgan fingerprint density at radius 3 is 3.00 bits per heavy atom. The van der Waals surface area contributed by atoms with Crippen molar-refractivity contribution in [1.29, 1.82) is 0 Å². The molecule has 2 aromatic rings. The Labute approximate surface area is 120 Å². The number of aromatic nitrogens is 2. The molecule has 20 heavy (non-hydrogen) atoms. The van der Waals surface area contributed by atoms with Crippen LogP contribution in [0.3, 0.4) is 0 Å². The van der Waals surface area contributed by atoms with Crippen molar-refractivity contribution < 1.29 is 14.4 Å². The number of amides is 1. The van der Waals surface area contributed by atoms with Gasteiger partial charge in [-0.1, -0.05) is 22.8 Å². The number of hydrogen-bond acceptors (Lipinski definition) is 4. The van der Waals surface area contributed by atoms with Crippen molar-refractivity contribution >= 4 is 17.7 Å². The number of carbonyl (C=O) groups is 1. The molecule has 1 saturated heterocycles. The molecular formula is C13H12ClN3O3. The SMILES string of the molecule is Cc1c(Cl)cccc1-c1nc([C@@H]2CCN2C(=O)O)no1. The van der Waals surface area contributed by atoms with Gasteiger partial charge in [0, 0.05) is 17.1 Å². The van der Waals surface area contributed by atoms with Crippen molar-refractivity contribution in [3.05, 3.63) is 34.6 Å². The lowest BCUT2D eigenvalue weighted by molar-refractivity contribution is 0.0703.